The molecule has 0 saturated heterocycles. The zero-order valence-corrected chi connectivity index (χ0v) is 17.3. The molecule has 3 rings (SSSR count). The molecule has 1 heterocycles. The maximum atomic E-state index is 12.4. The van der Waals surface area contributed by atoms with Gasteiger partial charge in [-0.1, -0.05) is 55.4 Å². The molecule has 0 fully saturated rings. The minimum absolute atomic E-state index is 0.0877. The number of hydrogen-bond donors (Lipinski definition) is 1. The normalized spacial score (nSPS) is 12.0. The average Bonchev–Trinajstić information content (AvgIpc) is 3.19. The molecule has 0 radical (unpaired) electrons. The Bertz CT molecular complexity index is 948. The molecule has 1 amide bonds. The fraction of sp³-hybridized carbons (Fsp3) is 0.348. The molecule has 152 valence electrons. The Hall–Kier alpha value is -3.15. The molecular formula is C23H27N3O3. The maximum absolute atomic E-state index is 12.4. The highest BCUT2D eigenvalue weighted by molar-refractivity contribution is 5.78. The molecule has 6 nitrogen and oxygen atoms in total. The van der Waals surface area contributed by atoms with Crippen molar-refractivity contribution in [3.8, 4) is 17.1 Å². The van der Waals surface area contributed by atoms with Gasteiger partial charge in [0, 0.05) is 5.56 Å². The minimum Gasteiger partial charge on any atom is -0.497 e. The number of nitrogens with zero attached hydrogens (tertiary/aromatic N) is 2. The Labute approximate surface area is 171 Å². The number of nitrogens with one attached hydrogen (secondary N) is 1. The van der Waals surface area contributed by atoms with Crippen LogP contribution in [0.25, 0.3) is 11.4 Å². The van der Waals surface area contributed by atoms with Gasteiger partial charge in [0.15, 0.2) is 0 Å². The number of ether oxygens (including phenoxy) is 1. The number of aromatic nitrogens is 2. The highest BCUT2D eigenvalue weighted by Crippen LogP contribution is 2.22. The summed E-state index contributed by atoms with van der Waals surface area (Å²) in [5.41, 5.74) is 3.05. The predicted octanol–water partition coefficient (Wildman–Crippen LogP) is 4.36. The molecule has 0 bridgehead atoms. The fourth-order valence-electron chi connectivity index (χ4n) is 3.09. The molecule has 0 unspecified atom stereocenters. The lowest BCUT2D eigenvalue weighted by Gasteiger charge is -2.10. The van der Waals surface area contributed by atoms with Gasteiger partial charge in [0.25, 0.3) is 0 Å². The van der Waals surface area contributed by atoms with Crippen molar-refractivity contribution in [2.45, 2.75) is 39.7 Å². The summed E-state index contributed by atoms with van der Waals surface area (Å²) in [7, 11) is 1.61. The van der Waals surface area contributed by atoms with Gasteiger partial charge in [-0.3, -0.25) is 4.79 Å². The van der Waals surface area contributed by atoms with E-state index >= 15 is 0 Å². The van der Waals surface area contributed by atoms with Crippen molar-refractivity contribution < 1.29 is 14.1 Å². The van der Waals surface area contributed by atoms with Crippen molar-refractivity contribution >= 4 is 5.91 Å². The van der Waals surface area contributed by atoms with Crippen LogP contribution in [0, 0.1) is 5.92 Å². The number of carbonyl (C=O) groups is 1. The molecule has 29 heavy (non-hydrogen) atoms. The monoisotopic (exact) mass is 393 g/mol. The summed E-state index contributed by atoms with van der Waals surface area (Å²) in [4.78, 5) is 16.8. The fourth-order valence-corrected chi connectivity index (χ4v) is 3.09. The average molecular weight is 393 g/mol. The van der Waals surface area contributed by atoms with E-state index in [1.54, 1.807) is 7.11 Å². The Morgan fingerprint density at radius 3 is 2.52 bits per heavy atom. The highest BCUT2D eigenvalue weighted by Gasteiger charge is 2.18. The van der Waals surface area contributed by atoms with Crippen molar-refractivity contribution in [2.75, 3.05) is 7.11 Å². The van der Waals surface area contributed by atoms with E-state index in [4.69, 9.17) is 9.26 Å². The number of carbonyl (C=O) groups excluding carboxylic acids is 1. The molecule has 0 spiro atoms. The lowest BCUT2D eigenvalue weighted by Crippen LogP contribution is -2.28. The summed E-state index contributed by atoms with van der Waals surface area (Å²) >= 11 is 0. The quantitative estimate of drug-likeness (QED) is 0.615. The molecule has 0 aliphatic carbocycles. The first-order valence-corrected chi connectivity index (χ1v) is 9.80. The van der Waals surface area contributed by atoms with E-state index < -0.39 is 0 Å². The third-order valence-corrected chi connectivity index (χ3v) is 4.55. The second-order valence-corrected chi connectivity index (χ2v) is 7.57. The SMILES string of the molecule is COc1cccc(-c2noc([C@@H](C)NC(=O)Cc3ccc(CC(C)C)cc3)n2)c1. The lowest BCUT2D eigenvalue weighted by atomic mass is 10.0. The first-order chi connectivity index (χ1) is 13.9. The highest BCUT2D eigenvalue weighted by atomic mass is 16.5. The number of benzene rings is 2. The zero-order chi connectivity index (χ0) is 20.8. The van der Waals surface area contributed by atoms with Crippen molar-refractivity contribution in [3.63, 3.8) is 0 Å². The molecule has 2 aromatic carbocycles. The van der Waals surface area contributed by atoms with E-state index in [0.717, 1.165) is 23.3 Å². The number of amides is 1. The molecule has 1 atom stereocenters. The molecule has 1 aromatic heterocycles. The van der Waals surface area contributed by atoms with Crippen molar-refractivity contribution in [1.82, 2.24) is 15.5 Å². The van der Waals surface area contributed by atoms with Gasteiger partial charge in [-0.2, -0.15) is 4.98 Å². The van der Waals surface area contributed by atoms with Gasteiger partial charge in [0.1, 0.15) is 11.8 Å². The van der Waals surface area contributed by atoms with Crippen molar-refractivity contribution in [2.24, 2.45) is 5.92 Å². The summed E-state index contributed by atoms with van der Waals surface area (Å²) in [5, 5.41) is 6.93. The Balaban J connectivity index is 1.59. The Morgan fingerprint density at radius 2 is 1.83 bits per heavy atom. The van der Waals surface area contributed by atoms with Gasteiger partial charge in [-0.15, -0.1) is 0 Å². The summed E-state index contributed by atoms with van der Waals surface area (Å²) < 4.78 is 10.6. The van der Waals surface area contributed by atoms with Crippen LogP contribution in [0.3, 0.4) is 0 Å². The van der Waals surface area contributed by atoms with Gasteiger partial charge in [-0.25, -0.2) is 0 Å². The summed E-state index contributed by atoms with van der Waals surface area (Å²) in [5.74, 6) is 2.07. The second-order valence-electron chi connectivity index (χ2n) is 7.57. The Kier molecular flexibility index (Phi) is 6.65. The molecule has 0 aliphatic rings. The zero-order valence-electron chi connectivity index (χ0n) is 17.3. The summed E-state index contributed by atoms with van der Waals surface area (Å²) in [6, 6.07) is 15.2. The van der Waals surface area contributed by atoms with Crippen molar-refractivity contribution in [3.05, 3.63) is 65.5 Å². The lowest BCUT2D eigenvalue weighted by molar-refractivity contribution is -0.121. The van der Waals surface area contributed by atoms with Crippen LogP contribution in [0.4, 0.5) is 0 Å². The smallest absolute Gasteiger partial charge is 0.249 e. The van der Waals surface area contributed by atoms with Crippen LogP contribution in [0.5, 0.6) is 5.75 Å². The minimum atomic E-state index is -0.380. The number of hydrogen-bond acceptors (Lipinski definition) is 5. The van der Waals surface area contributed by atoms with E-state index in [1.807, 2.05) is 43.3 Å². The van der Waals surface area contributed by atoms with Gasteiger partial charge in [0.05, 0.1) is 13.5 Å². The van der Waals surface area contributed by atoms with Gasteiger partial charge in [-0.05, 0) is 42.5 Å². The number of rotatable bonds is 8. The van der Waals surface area contributed by atoms with Gasteiger partial charge >= 0.3 is 0 Å². The third kappa shape index (κ3) is 5.67. The van der Waals surface area contributed by atoms with Crippen LogP contribution < -0.4 is 10.1 Å². The second kappa shape index (κ2) is 9.37. The molecule has 1 N–H and O–H groups in total. The van der Waals surface area contributed by atoms with E-state index in [2.05, 4.69) is 41.4 Å². The van der Waals surface area contributed by atoms with E-state index in [0.29, 0.717) is 24.1 Å². The van der Waals surface area contributed by atoms with Crippen LogP contribution in [-0.2, 0) is 17.6 Å². The van der Waals surface area contributed by atoms with Crippen LogP contribution in [0.15, 0.2) is 53.1 Å². The predicted molar refractivity (Wildman–Crippen MR) is 112 cm³/mol. The largest absolute Gasteiger partial charge is 0.497 e. The third-order valence-electron chi connectivity index (χ3n) is 4.55. The Morgan fingerprint density at radius 1 is 1.10 bits per heavy atom. The molecule has 0 saturated carbocycles. The van der Waals surface area contributed by atoms with Crippen LogP contribution in [0.2, 0.25) is 0 Å². The molecule has 6 heteroatoms. The first-order valence-electron chi connectivity index (χ1n) is 9.80. The van der Waals surface area contributed by atoms with Crippen molar-refractivity contribution in [1.29, 1.82) is 0 Å². The number of methoxy groups -OCH3 is 1. The van der Waals surface area contributed by atoms with E-state index in [-0.39, 0.29) is 11.9 Å². The van der Waals surface area contributed by atoms with E-state index in [1.165, 1.54) is 5.56 Å². The molecule has 0 aliphatic heterocycles. The van der Waals surface area contributed by atoms with Crippen LogP contribution >= 0.6 is 0 Å². The summed E-state index contributed by atoms with van der Waals surface area (Å²) in [6.45, 7) is 6.21. The van der Waals surface area contributed by atoms with Gasteiger partial charge < -0.3 is 14.6 Å². The first kappa shape index (κ1) is 20.6. The van der Waals surface area contributed by atoms with Gasteiger partial charge in [0.2, 0.25) is 17.6 Å². The van der Waals surface area contributed by atoms with Crippen LogP contribution in [-0.4, -0.2) is 23.2 Å². The molecular weight excluding hydrogens is 366 g/mol. The standard InChI is InChI=1S/C23H27N3O3/c1-15(2)12-17-8-10-18(11-9-17)13-21(27)24-16(3)23-25-22(26-29-23)19-6-5-7-20(14-19)28-4/h5-11,14-16H,12-13H2,1-4H3,(H,24,27)/t16-/m1/s1. The summed E-state index contributed by atoms with van der Waals surface area (Å²) in [6.07, 6.45) is 1.35. The maximum Gasteiger partial charge on any atom is 0.249 e. The topological polar surface area (TPSA) is 77.3 Å². The van der Waals surface area contributed by atoms with E-state index in [9.17, 15) is 4.79 Å². The molecule has 3 aromatic rings. The van der Waals surface area contributed by atoms with Crippen LogP contribution in [0.1, 0.15) is 43.8 Å².